The molecule has 0 saturated carbocycles. The van der Waals surface area contributed by atoms with Gasteiger partial charge in [-0.15, -0.1) is 0 Å². The van der Waals surface area contributed by atoms with Gasteiger partial charge < -0.3 is 25.5 Å². The van der Waals surface area contributed by atoms with Crippen LogP contribution in [-0.2, 0) is 4.79 Å². The van der Waals surface area contributed by atoms with E-state index in [2.05, 4.69) is 5.32 Å². The third kappa shape index (κ3) is 4.94. The van der Waals surface area contributed by atoms with Gasteiger partial charge >= 0.3 is 12.0 Å². The minimum atomic E-state index is -1.30. The van der Waals surface area contributed by atoms with Crippen LogP contribution < -0.4 is 5.32 Å². The molecule has 0 aliphatic rings. The molecule has 7 nitrogen and oxygen atoms in total. The van der Waals surface area contributed by atoms with Crippen LogP contribution in [0.2, 0.25) is 0 Å². The van der Waals surface area contributed by atoms with Gasteiger partial charge in [-0.3, -0.25) is 0 Å². The number of rotatable bonds is 7. The van der Waals surface area contributed by atoms with Crippen molar-refractivity contribution in [2.75, 3.05) is 26.3 Å². The van der Waals surface area contributed by atoms with E-state index < -0.39 is 24.6 Å². The van der Waals surface area contributed by atoms with E-state index in [9.17, 15) is 9.59 Å². The third-order valence-electron chi connectivity index (χ3n) is 2.03. The highest BCUT2D eigenvalue weighted by atomic mass is 16.4. The van der Waals surface area contributed by atoms with Crippen LogP contribution >= 0.6 is 0 Å². The number of aliphatic carboxylic acids is 1. The minimum Gasteiger partial charge on any atom is -0.480 e. The molecule has 0 saturated heterocycles. The molecule has 0 spiro atoms. The van der Waals surface area contributed by atoms with Crippen molar-refractivity contribution in [2.45, 2.75) is 19.4 Å². The topological polar surface area (TPSA) is 110 Å². The van der Waals surface area contributed by atoms with E-state index >= 15 is 0 Å². The predicted molar refractivity (Wildman–Crippen MR) is 56.0 cm³/mol. The number of urea groups is 1. The number of hydrogen-bond acceptors (Lipinski definition) is 4. The molecule has 0 bridgehead atoms. The molecule has 16 heavy (non-hydrogen) atoms. The first-order valence-electron chi connectivity index (χ1n) is 5.06. The summed E-state index contributed by atoms with van der Waals surface area (Å²) in [5.41, 5.74) is 0. The Morgan fingerprint density at radius 3 is 2.38 bits per heavy atom. The monoisotopic (exact) mass is 234 g/mol. The number of nitrogens with zero attached hydrogens (tertiary/aromatic N) is 1. The second-order valence-corrected chi connectivity index (χ2v) is 3.18. The maximum atomic E-state index is 11.5. The molecule has 7 heteroatoms. The smallest absolute Gasteiger partial charge is 0.328 e. The first-order valence-corrected chi connectivity index (χ1v) is 5.06. The minimum absolute atomic E-state index is 0.0356. The van der Waals surface area contributed by atoms with Gasteiger partial charge in [0.2, 0.25) is 0 Å². The zero-order chi connectivity index (χ0) is 12.6. The summed E-state index contributed by atoms with van der Waals surface area (Å²) in [4.78, 5) is 23.4. The van der Waals surface area contributed by atoms with Gasteiger partial charge in [0.1, 0.15) is 0 Å². The zero-order valence-electron chi connectivity index (χ0n) is 9.22. The molecule has 0 unspecified atom stereocenters. The Bertz CT molecular complexity index is 234. The van der Waals surface area contributed by atoms with E-state index in [0.29, 0.717) is 19.5 Å². The molecule has 0 aliphatic heterocycles. The number of carboxylic acid groups (broad SMARTS) is 1. The molecule has 0 aromatic heterocycles. The fourth-order valence-corrected chi connectivity index (χ4v) is 1.09. The molecule has 0 aliphatic carbocycles. The molecule has 2 amide bonds. The summed E-state index contributed by atoms with van der Waals surface area (Å²) in [5, 5.41) is 28.1. The van der Waals surface area contributed by atoms with Gasteiger partial charge in [0.05, 0.1) is 6.61 Å². The number of nitrogens with one attached hydrogen (secondary N) is 1. The Balaban J connectivity index is 4.23. The van der Waals surface area contributed by atoms with E-state index in [-0.39, 0.29) is 6.61 Å². The van der Waals surface area contributed by atoms with E-state index in [0.717, 1.165) is 0 Å². The van der Waals surface area contributed by atoms with E-state index in [1.54, 1.807) is 6.92 Å². The molecule has 0 aromatic rings. The van der Waals surface area contributed by atoms with E-state index in [1.807, 2.05) is 0 Å². The van der Waals surface area contributed by atoms with Gasteiger partial charge in [0.15, 0.2) is 6.04 Å². The van der Waals surface area contributed by atoms with Gasteiger partial charge in [-0.05, 0) is 13.3 Å². The lowest BCUT2D eigenvalue weighted by atomic mass is 10.3. The molecule has 1 atom stereocenters. The fourth-order valence-electron chi connectivity index (χ4n) is 1.09. The Morgan fingerprint density at radius 1 is 1.38 bits per heavy atom. The van der Waals surface area contributed by atoms with Crippen molar-refractivity contribution in [3.05, 3.63) is 0 Å². The van der Waals surface area contributed by atoms with Crippen molar-refractivity contribution in [1.29, 1.82) is 0 Å². The lowest BCUT2D eigenvalue weighted by Gasteiger charge is -2.22. The SMILES string of the molecule is CCN(CCCO)C(=O)N[C@@H](CO)C(=O)O. The van der Waals surface area contributed by atoms with E-state index in [4.69, 9.17) is 15.3 Å². The van der Waals surface area contributed by atoms with Crippen LogP contribution in [0.15, 0.2) is 0 Å². The fraction of sp³-hybridized carbons (Fsp3) is 0.778. The molecule has 94 valence electrons. The molecule has 0 heterocycles. The van der Waals surface area contributed by atoms with Crippen molar-refractivity contribution < 1.29 is 24.9 Å². The number of carboxylic acids is 1. The average Bonchev–Trinajstić information content (AvgIpc) is 2.26. The highest BCUT2D eigenvalue weighted by Crippen LogP contribution is 1.94. The van der Waals surface area contributed by atoms with Crippen LogP contribution in [-0.4, -0.2) is 64.6 Å². The van der Waals surface area contributed by atoms with Crippen molar-refractivity contribution in [2.24, 2.45) is 0 Å². The van der Waals surface area contributed by atoms with Crippen molar-refractivity contribution >= 4 is 12.0 Å². The highest BCUT2D eigenvalue weighted by Gasteiger charge is 2.21. The number of aliphatic hydroxyl groups excluding tert-OH is 2. The molecule has 0 radical (unpaired) electrons. The first kappa shape index (κ1) is 14.7. The number of amides is 2. The first-order chi connectivity index (χ1) is 7.56. The summed E-state index contributed by atoms with van der Waals surface area (Å²) in [6.45, 7) is 1.80. The van der Waals surface area contributed by atoms with Crippen molar-refractivity contribution in [3.63, 3.8) is 0 Å². The van der Waals surface area contributed by atoms with Gasteiger partial charge in [-0.25, -0.2) is 9.59 Å². The highest BCUT2D eigenvalue weighted by molar-refractivity contribution is 5.82. The van der Waals surface area contributed by atoms with Gasteiger partial charge in [0.25, 0.3) is 0 Å². The lowest BCUT2D eigenvalue weighted by molar-refractivity contribution is -0.140. The maximum absolute atomic E-state index is 11.5. The van der Waals surface area contributed by atoms with Gasteiger partial charge in [0, 0.05) is 19.7 Å². The van der Waals surface area contributed by atoms with Crippen LogP contribution in [0, 0.1) is 0 Å². The van der Waals surface area contributed by atoms with Crippen LogP contribution in [0.4, 0.5) is 4.79 Å². The van der Waals surface area contributed by atoms with Crippen molar-refractivity contribution in [1.82, 2.24) is 10.2 Å². The van der Waals surface area contributed by atoms with Crippen molar-refractivity contribution in [3.8, 4) is 0 Å². The molecule has 0 fully saturated rings. The third-order valence-corrected chi connectivity index (χ3v) is 2.03. The quantitative estimate of drug-likeness (QED) is 0.444. The second kappa shape index (κ2) is 7.89. The summed E-state index contributed by atoms with van der Waals surface area (Å²) in [5.74, 6) is -1.28. The summed E-state index contributed by atoms with van der Waals surface area (Å²) >= 11 is 0. The molecular weight excluding hydrogens is 216 g/mol. The summed E-state index contributed by atoms with van der Waals surface area (Å²) in [7, 11) is 0. The Kier molecular flexibility index (Phi) is 7.23. The molecule has 0 aromatic carbocycles. The van der Waals surface area contributed by atoms with E-state index in [1.165, 1.54) is 4.90 Å². The predicted octanol–water partition coefficient (Wildman–Crippen LogP) is -1.15. The lowest BCUT2D eigenvalue weighted by Crippen LogP contribution is -2.49. The molecule has 0 rings (SSSR count). The maximum Gasteiger partial charge on any atom is 0.328 e. The Morgan fingerprint density at radius 2 is 2.00 bits per heavy atom. The Hall–Kier alpha value is -1.34. The Labute approximate surface area is 93.7 Å². The summed E-state index contributed by atoms with van der Waals surface area (Å²) in [6, 6.07) is -1.85. The van der Waals surface area contributed by atoms with Gasteiger partial charge in [-0.2, -0.15) is 0 Å². The van der Waals surface area contributed by atoms with Crippen LogP contribution in [0.5, 0.6) is 0 Å². The van der Waals surface area contributed by atoms with Gasteiger partial charge in [-0.1, -0.05) is 0 Å². The standard InChI is InChI=1S/C9H18N2O5/c1-2-11(4-3-5-12)9(16)10-7(6-13)8(14)15/h7,12-13H,2-6H2,1H3,(H,10,16)(H,14,15)/t7-/m0/s1. The summed E-state index contributed by atoms with van der Waals surface area (Å²) < 4.78 is 0. The largest absolute Gasteiger partial charge is 0.480 e. The number of aliphatic hydroxyl groups is 2. The zero-order valence-corrected chi connectivity index (χ0v) is 9.22. The van der Waals surface area contributed by atoms with Crippen LogP contribution in [0.3, 0.4) is 0 Å². The summed E-state index contributed by atoms with van der Waals surface area (Å²) in [6.07, 6.45) is 0.429. The normalized spacial score (nSPS) is 11.9. The van der Waals surface area contributed by atoms with Crippen LogP contribution in [0.25, 0.3) is 0 Å². The number of hydrogen-bond donors (Lipinski definition) is 4. The molecular formula is C9H18N2O5. The number of carbonyl (C=O) groups is 2. The second-order valence-electron chi connectivity index (χ2n) is 3.18. The molecule has 4 N–H and O–H groups in total. The number of carbonyl (C=O) groups excluding carboxylic acids is 1. The average molecular weight is 234 g/mol. The van der Waals surface area contributed by atoms with Crippen LogP contribution in [0.1, 0.15) is 13.3 Å².